The van der Waals surface area contributed by atoms with E-state index in [1.165, 1.54) is 12.7 Å². The predicted molar refractivity (Wildman–Crippen MR) is 99.0 cm³/mol. The Labute approximate surface area is 140 Å². The Morgan fingerprint density at radius 2 is 1.43 bits per heavy atom. The largest absolute Gasteiger partial charge is 0.465 e. The summed E-state index contributed by atoms with van der Waals surface area (Å²) >= 11 is 0. The summed E-state index contributed by atoms with van der Waals surface area (Å²) in [5.74, 6) is -0.308. The minimum atomic E-state index is -0.308. The maximum absolute atomic E-state index is 11.3. The highest BCUT2D eigenvalue weighted by molar-refractivity contribution is 5.89. The first kappa shape index (κ1) is 20.7. The minimum Gasteiger partial charge on any atom is -0.465 e. The molecule has 0 radical (unpaired) electrons. The van der Waals surface area contributed by atoms with Crippen molar-refractivity contribution in [1.82, 2.24) is 0 Å². The molecular formula is C20H29NO2. The molecule has 3 nitrogen and oxygen atoms in total. The zero-order chi connectivity index (χ0) is 17.7. The molecule has 0 N–H and O–H groups in total. The summed E-state index contributed by atoms with van der Waals surface area (Å²) in [4.78, 5) is 13.5. The third-order valence-corrected chi connectivity index (χ3v) is 2.99. The summed E-state index contributed by atoms with van der Waals surface area (Å²) in [5.41, 5.74) is 2.89. The maximum atomic E-state index is 11.3. The summed E-state index contributed by atoms with van der Waals surface area (Å²) in [5, 5.41) is 0. The lowest BCUT2D eigenvalue weighted by molar-refractivity contribution is 0.0601. The summed E-state index contributed by atoms with van der Waals surface area (Å²) in [7, 11) is 3.41. The van der Waals surface area contributed by atoms with E-state index in [1.807, 2.05) is 65.1 Å². The van der Waals surface area contributed by atoms with Gasteiger partial charge < -0.3 is 9.64 Å². The van der Waals surface area contributed by atoms with Crippen LogP contribution in [-0.4, -0.2) is 20.1 Å². The first-order valence-electron chi connectivity index (χ1n) is 8.14. The van der Waals surface area contributed by atoms with Gasteiger partial charge in [0.1, 0.15) is 0 Å². The fourth-order valence-corrected chi connectivity index (χ4v) is 1.92. The van der Waals surface area contributed by atoms with Gasteiger partial charge in [-0.1, -0.05) is 58.0 Å². The summed E-state index contributed by atoms with van der Waals surface area (Å²) in [6.07, 6.45) is 0. The third kappa shape index (κ3) is 7.00. The van der Waals surface area contributed by atoms with E-state index in [1.54, 1.807) is 12.1 Å². The zero-order valence-corrected chi connectivity index (χ0v) is 15.2. The smallest absolute Gasteiger partial charge is 0.337 e. The van der Waals surface area contributed by atoms with Gasteiger partial charge in [0.25, 0.3) is 0 Å². The van der Waals surface area contributed by atoms with Crippen LogP contribution >= 0.6 is 0 Å². The molecule has 0 saturated heterocycles. The SMILES string of the molecule is CC.CC.COC(=O)c1ccc(N(C)Cc2ccccc2)cc1. The topological polar surface area (TPSA) is 29.5 Å². The standard InChI is InChI=1S/C16H17NO2.2C2H6/c1-17(12-13-6-4-3-5-7-13)15-10-8-14(9-11-15)16(18)19-2;2*1-2/h3-11H,12H2,1-2H3;2*1-2H3. The van der Waals surface area contributed by atoms with Crippen LogP contribution in [0.1, 0.15) is 43.6 Å². The summed E-state index contributed by atoms with van der Waals surface area (Å²) in [6, 6.07) is 17.7. The van der Waals surface area contributed by atoms with Crippen LogP contribution in [0, 0.1) is 0 Å². The van der Waals surface area contributed by atoms with E-state index in [4.69, 9.17) is 0 Å². The quantitative estimate of drug-likeness (QED) is 0.730. The Hall–Kier alpha value is -2.29. The van der Waals surface area contributed by atoms with Gasteiger partial charge in [0, 0.05) is 19.3 Å². The molecule has 0 atom stereocenters. The molecule has 0 saturated carbocycles. The molecule has 3 heteroatoms. The monoisotopic (exact) mass is 315 g/mol. The number of methoxy groups -OCH3 is 1. The van der Waals surface area contributed by atoms with Gasteiger partial charge in [0.2, 0.25) is 0 Å². The average Bonchev–Trinajstić information content (AvgIpc) is 2.65. The van der Waals surface area contributed by atoms with E-state index >= 15 is 0 Å². The fraction of sp³-hybridized carbons (Fsp3) is 0.350. The molecule has 0 spiro atoms. The van der Waals surface area contributed by atoms with Crippen molar-refractivity contribution in [2.24, 2.45) is 0 Å². The fourth-order valence-electron chi connectivity index (χ4n) is 1.92. The molecule has 2 aromatic carbocycles. The number of carbonyl (C=O) groups excluding carboxylic acids is 1. The van der Waals surface area contributed by atoms with Crippen LogP contribution in [0.15, 0.2) is 54.6 Å². The molecule has 0 aromatic heterocycles. The van der Waals surface area contributed by atoms with Crippen LogP contribution < -0.4 is 4.90 Å². The molecule has 0 fully saturated rings. The number of hydrogen-bond donors (Lipinski definition) is 0. The van der Waals surface area contributed by atoms with E-state index in [0.717, 1.165) is 12.2 Å². The van der Waals surface area contributed by atoms with Crippen LogP contribution in [0.4, 0.5) is 5.69 Å². The highest BCUT2D eigenvalue weighted by Crippen LogP contribution is 2.16. The van der Waals surface area contributed by atoms with Crippen LogP contribution in [-0.2, 0) is 11.3 Å². The van der Waals surface area contributed by atoms with Gasteiger partial charge >= 0.3 is 5.97 Å². The molecule has 2 aromatic rings. The van der Waals surface area contributed by atoms with Crippen molar-refractivity contribution in [3.05, 3.63) is 65.7 Å². The second-order valence-corrected chi connectivity index (χ2v) is 4.38. The van der Waals surface area contributed by atoms with Gasteiger partial charge in [-0.05, 0) is 29.8 Å². The van der Waals surface area contributed by atoms with E-state index in [9.17, 15) is 4.79 Å². The molecule has 0 aliphatic rings. The van der Waals surface area contributed by atoms with E-state index in [-0.39, 0.29) is 5.97 Å². The first-order chi connectivity index (χ1) is 11.2. The van der Waals surface area contributed by atoms with Gasteiger partial charge in [0.05, 0.1) is 12.7 Å². The van der Waals surface area contributed by atoms with Crippen molar-refractivity contribution in [1.29, 1.82) is 0 Å². The zero-order valence-electron chi connectivity index (χ0n) is 15.2. The van der Waals surface area contributed by atoms with Gasteiger partial charge in [-0.25, -0.2) is 4.79 Å². The molecule has 0 unspecified atom stereocenters. The number of nitrogens with zero attached hydrogens (tertiary/aromatic N) is 1. The van der Waals surface area contributed by atoms with Crippen molar-refractivity contribution in [2.45, 2.75) is 34.2 Å². The number of esters is 1. The van der Waals surface area contributed by atoms with Crippen LogP contribution in [0.3, 0.4) is 0 Å². The van der Waals surface area contributed by atoms with Crippen molar-refractivity contribution in [2.75, 3.05) is 19.1 Å². The van der Waals surface area contributed by atoms with E-state index in [2.05, 4.69) is 21.8 Å². The number of ether oxygens (including phenoxy) is 1. The lowest BCUT2D eigenvalue weighted by atomic mass is 10.1. The van der Waals surface area contributed by atoms with Gasteiger partial charge in [-0.2, -0.15) is 0 Å². The van der Waals surface area contributed by atoms with Crippen LogP contribution in [0.2, 0.25) is 0 Å². The Balaban J connectivity index is 0.00000112. The highest BCUT2D eigenvalue weighted by atomic mass is 16.5. The molecule has 2 rings (SSSR count). The molecule has 0 bridgehead atoms. The second-order valence-electron chi connectivity index (χ2n) is 4.38. The van der Waals surface area contributed by atoms with Crippen molar-refractivity contribution >= 4 is 11.7 Å². The molecule has 0 heterocycles. The van der Waals surface area contributed by atoms with Crippen molar-refractivity contribution in [3.63, 3.8) is 0 Å². The molecule has 23 heavy (non-hydrogen) atoms. The van der Waals surface area contributed by atoms with Gasteiger partial charge in [0.15, 0.2) is 0 Å². The Bertz CT molecular complexity index is 535. The van der Waals surface area contributed by atoms with Crippen molar-refractivity contribution in [3.8, 4) is 0 Å². The molecule has 0 aliphatic heterocycles. The third-order valence-electron chi connectivity index (χ3n) is 2.99. The maximum Gasteiger partial charge on any atom is 0.337 e. The molecule has 126 valence electrons. The van der Waals surface area contributed by atoms with Crippen molar-refractivity contribution < 1.29 is 9.53 Å². The number of hydrogen-bond acceptors (Lipinski definition) is 3. The second kappa shape index (κ2) is 12.3. The van der Waals surface area contributed by atoms with Crippen LogP contribution in [0.5, 0.6) is 0 Å². The highest BCUT2D eigenvalue weighted by Gasteiger charge is 2.06. The summed E-state index contributed by atoms with van der Waals surface area (Å²) in [6.45, 7) is 8.83. The number of benzene rings is 2. The predicted octanol–water partition coefficient (Wildman–Crippen LogP) is 5.16. The Morgan fingerprint density at radius 3 is 1.91 bits per heavy atom. The van der Waals surface area contributed by atoms with E-state index in [0.29, 0.717) is 5.56 Å². The van der Waals surface area contributed by atoms with Crippen LogP contribution in [0.25, 0.3) is 0 Å². The Morgan fingerprint density at radius 1 is 0.913 bits per heavy atom. The normalized spacial score (nSPS) is 8.78. The number of rotatable bonds is 4. The van der Waals surface area contributed by atoms with E-state index < -0.39 is 0 Å². The van der Waals surface area contributed by atoms with Gasteiger partial charge in [-0.3, -0.25) is 0 Å². The lowest BCUT2D eigenvalue weighted by Crippen LogP contribution is -2.16. The molecular weight excluding hydrogens is 286 g/mol. The molecule has 0 aliphatic carbocycles. The average molecular weight is 315 g/mol. The number of carbonyl (C=O) groups is 1. The first-order valence-corrected chi connectivity index (χ1v) is 8.14. The molecule has 0 amide bonds. The Kier molecular flexibility index (Phi) is 11.1. The van der Waals surface area contributed by atoms with Gasteiger partial charge in [-0.15, -0.1) is 0 Å². The summed E-state index contributed by atoms with van der Waals surface area (Å²) < 4.78 is 4.68. The lowest BCUT2D eigenvalue weighted by Gasteiger charge is -2.19. The number of anilines is 1. The minimum absolute atomic E-state index is 0.308.